The van der Waals surface area contributed by atoms with Crippen molar-refractivity contribution < 1.29 is 14.2 Å². The van der Waals surface area contributed by atoms with E-state index in [-0.39, 0.29) is 0 Å². The third kappa shape index (κ3) is 9.69. The molecule has 1 heterocycles. The molecule has 0 aromatic carbocycles. The van der Waals surface area contributed by atoms with Crippen LogP contribution < -0.4 is 0 Å². The van der Waals surface area contributed by atoms with Gasteiger partial charge in [-0.25, -0.2) is 0 Å². The van der Waals surface area contributed by atoms with Gasteiger partial charge in [-0.05, 0) is 25.8 Å². The van der Waals surface area contributed by atoms with Gasteiger partial charge in [0, 0.05) is 25.1 Å². The second-order valence-corrected chi connectivity index (χ2v) is 5.84. The molecule has 5 heteroatoms. The lowest BCUT2D eigenvalue weighted by molar-refractivity contribution is 0.00682. The molecule has 126 valence electrons. The summed E-state index contributed by atoms with van der Waals surface area (Å²) in [4.78, 5) is 2.46. The molecule has 0 aromatic heterocycles. The van der Waals surface area contributed by atoms with Gasteiger partial charge in [0.25, 0.3) is 0 Å². The first-order valence-corrected chi connectivity index (χ1v) is 8.95. The van der Waals surface area contributed by atoms with Crippen LogP contribution in [0.1, 0.15) is 39.0 Å². The average molecular weight is 322 g/mol. The summed E-state index contributed by atoms with van der Waals surface area (Å²) >= 11 is 6.00. The van der Waals surface area contributed by atoms with Crippen LogP contribution >= 0.6 is 11.6 Å². The van der Waals surface area contributed by atoms with Crippen LogP contribution in [0.25, 0.3) is 0 Å². The predicted octanol–water partition coefficient (Wildman–Crippen LogP) is 2.93. The van der Waals surface area contributed by atoms with E-state index in [0.717, 1.165) is 38.6 Å². The minimum Gasteiger partial charge on any atom is -0.379 e. The van der Waals surface area contributed by atoms with Gasteiger partial charge in [0.1, 0.15) is 0 Å². The van der Waals surface area contributed by atoms with Gasteiger partial charge in [0.15, 0.2) is 0 Å². The van der Waals surface area contributed by atoms with Gasteiger partial charge in [0.2, 0.25) is 0 Å². The van der Waals surface area contributed by atoms with E-state index in [1.807, 2.05) is 0 Å². The van der Waals surface area contributed by atoms with Gasteiger partial charge in [-0.2, -0.15) is 0 Å². The summed E-state index contributed by atoms with van der Waals surface area (Å²) in [6.07, 6.45) is 6.13. The van der Waals surface area contributed by atoms with Crippen LogP contribution in [0.4, 0.5) is 0 Å². The summed E-state index contributed by atoms with van der Waals surface area (Å²) in [5.41, 5.74) is 0. The third-order valence-corrected chi connectivity index (χ3v) is 4.19. The van der Waals surface area contributed by atoms with Crippen molar-refractivity contribution in [3.05, 3.63) is 0 Å². The van der Waals surface area contributed by atoms with Gasteiger partial charge in [-0.1, -0.05) is 19.8 Å². The summed E-state index contributed by atoms with van der Waals surface area (Å²) in [5.74, 6) is 0.737. The Morgan fingerprint density at radius 3 is 2.29 bits per heavy atom. The first kappa shape index (κ1) is 19.2. The first-order chi connectivity index (χ1) is 10.4. The maximum absolute atomic E-state index is 6.00. The Kier molecular flexibility index (Phi) is 12.6. The molecule has 1 rings (SSSR count). The van der Waals surface area contributed by atoms with E-state index in [0.29, 0.717) is 32.5 Å². The van der Waals surface area contributed by atoms with E-state index in [1.165, 1.54) is 25.7 Å². The molecule has 0 N–H and O–H groups in total. The number of likely N-dealkylation sites (tertiary alicyclic amines) is 1. The zero-order valence-corrected chi connectivity index (χ0v) is 14.3. The summed E-state index contributed by atoms with van der Waals surface area (Å²) in [5, 5.41) is 0. The highest BCUT2D eigenvalue weighted by Gasteiger charge is 2.20. The molecular formula is C16H32ClNO3. The van der Waals surface area contributed by atoms with Crippen LogP contribution in [-0.4, -0.2) is 69.6 Å². The predicted molar refractivity (Wildman–Crippen MR) is 87.3 cm³/mol. The quantitative estimate of drug-likeness (QED) is 0.385. The number of ether oxygens (including phenoxy) is 3. The summed E-state index contributed by atoms with van der Waals surface area (Å²) in [7, 11) is 0. The van der Waals surface area contributed by atoms with Crippen LogP contribution in [0.3, 0.4) is 0 Å². The molecule has 21 heavy (non-hydrogen) atoms. The largest absolute Gasteiger partial charge is 0.379 e. The van der Waals surface area contributed by atoms with E-state index in [9.17, 15) is 0 Å². The van der Waals surface area contributed by atoms with Crippen molar-refractivity contribution in [1.82, 2.24) is 4.90 Å². The smallest absolute Gasteiger partial charge is 0.0701 e. The SMILES string of the molecule is CCCCOCCOCCOCCN1CCCCC1CCl. The van der Waals surface area contributed by atoms with Gasteiger partial charge in [-0.15, -0.1) is 11.6 Å². The second-order valence-electron chi connectivity index (χ2n) is 5.53. The molecule has 0 aromatic rings. The van der Waals surface area contributed by atoms with E-state index in [1.54, 1.807) is 0 Å². The Morgan fingerprint density at radius 2 is 1.62 bits per heavy atom. The van der Waals surface area contributed by atoms with Crippen LogP contribution in [-0.2, 0) is 14.2 Å². The standard InChI is InChI=1S/C16H32ClNO3/c1-2-3-9-19-11-13-21-14-12-20-10-8-18-7-5-4-6-16(18)15-17/h16H,2-15H2,1H3. The van der Waals surface area contributed by atoms with E-state index in [2.05, 4.69) is 11.8 Å². The van der Waals surface area contributed by atoms with Crippen molar-refractivity contribution >= 4 is 11.6 Å². The molecule has 4 nitrogen and oxygen atoms in total. The fourth-order valence-corrected chi connectivity index (χ4v) is 2.85. The molecule has 0 bridgehead atoms. The van der Waals surface area contributed by atoms with Crippen molar-refractivity contribution in [1.29, 1.82) is 0 Å². The van der Waals surface area contributed by atoms with Crippen molar-refractivity contribution in [3.63, 3.8) is 0 Å². The lowest BCUT2D eigenvalue weighted by atomic mass is 10.0. The Labute approximate surface area is 135 Å². The molecular weight excluding hydrogens is 290 g/mol. The van der Waals surface area contributed by atoms with Crippen molar-refractivity contribution in [2.24, 2.45) is 0 Å². The number of hydrogen-bond donors (Lipinski definition) is 0. The highest BCUT2D eigenvalue weighted by atomic mass is 35.5. The molecule has 1 saturated heterocycles. The molecule has 1 atom stereocenters. The number of nitrogens with zero attached hydrogens (tertiary/aromatic N) is 1. The Hall–Kier alpha value is 0.130. The lowest BCUT2D eigenvalue weighted by Gasteiger charge is -2.34. The maximum atomic E-state index is 6.00. The van der Waals surface area contributed by atoms with Crippen molar-refractivity contribution in [2.75, 3.05) is 58.6 Å². The van der Waals surface area contributed by atoms with Gasteiger partial charge in [0.05, 0.1) is 33.0 Å². The normalized spacial score (nSPS) is 20.0. The Bertz CT molecular complexity index is 232. The lowest BCUT2D eigenvalue weighted by Crippen LogP contribution is -2.42. The minimum absolute atomic E-state index is 0.542. The number of halogens is 1. The molecule has 1 aliphatic rings. The fourth-order valence-electron chi connectivity index (χ4n) is 2.50. The number of unbranched alkanes of at least 4 members (excludes halogenated alkanes) is 1. The van der Waals surface area contributed by atoms with Crippen LogP contribution in [0, 0.1) is 0 Å². The van der Waals surface area contributed by atoms with E-state index in [4.69, 9.17) is 25.8 Å². The fraction of sp³-hybridized carbons (Fsp3) is 1.00. The molecule has 0 spiro atoms. The van der Waals surface area contributed by atoms with Gasteiger partial charge in [-0.3, -0.25) is 4.90 Å². The topological polar surface area (TPSA) is 30.9 Å². The Morgan fingerprint density at radius 1 is 0.952 bits per heavy atom. The Balaban J connectivity index is 1.83. The highest BCUT2D eigenvalue weighted by Crippen LogP contribution is 2.17. The number of rotatable bonds is 13. The molecule has 0 radical (unpaired) electrons. The number of piperidine rings is 1. The zero-order valence-electron chi connectivity index (χ0n) is 13.5. The summed E-state index contributed by atoms with van der Waals surface area (Å²) in [6, 6.07) is 0.542. The van der Waals surface area contributed by atoms with Crippen LogP contribution in [0.2, 0.25) is 0 Å². The molecule has 0 saturated carbocycles. The van der Waals surface area contributed by atoms with Crippen molar-refractivity contribution in [2.45, 2.75) is 45.1 Å². The van der Waals surface area contributed by atoms with E-state index >= 15 is 0 Å². The second kappa shape index (κ2) is 13.8. The van der Waals surface area contributed by atoms with Gasteiger partial charge >= 0.3 is 0 Å². The third-order valence-electron chi connectivity index (χ3n) is 3.84. The molecule has 1 fully saturated rings. The summed E-state index contributed by atoms with van der Waals surface area (Å²) in [6.45, 7) is 8.57. The molecule has 0 amide bonds. The molecule has 1 aliphatic heterocycles. The maximum Gasteiger partial charge on any atom is 0.0701 e. The summed E-state index contributed by atoms with van der Waals surface area (Å²) < 4.78 is 16.5. The van der Waals surface area contributed by atoms with Crippen molar-refractivity contribution in [3.8, 4) is 0 Å². The van der Waals surface area contributed by atoms with Gasteiger partial charge < -0.3 is 14.2 Å². The number of hydrogen-bond acceptors (Lipinski definition) is 4. The monoisotopic (exact) mass is 321 g/mol. The van der Waals surface area contributed by atoms with E-state index < -0.39 is 0 Å². The zero-order chi connectivity index (χ0) is 15.2. The number of alkyl halides is 1. The average Bonchev–Trinajstić information content (AvgIpc) is 2.53. The molecule has 1 unspecified atom stereocenters. The minimum atomic E-state index is 0.542. The van der Waals surface area contributed by atoms with Crippen LogP contribution in [0.5, 0.6) is 0 Å². The highest BCUT2D eigenvalue weighted by molar-refractivity contribution is 6.18. The van der Waals surface area contributed by atoms with Crippen LogP contribution in [0.15, 0.2) is 0 Å². The first-order valence-electron chi connectivity index (χ1n) is 8.41. The molecule has 0 aliphatic carbocycles.